The third-order valence-corrected chi connectivity index (χ3v) is 5.06. The van der Waals surface area contributed by atoms with Gasteiger partial charge >= 0.3 is 5.97 Å². The Labute approximate surface area is 155 Å². The molecule has 0 bridgehead atoms. The molecular formula is C17H18BrNO5S. The molecule has 0 saturated heterocycles. The number of methoxy groups -OCH3 is 1. The number of halogens is 1. The Bertz CT molecular complexity index is 863. The van der Waals surface area contributed by atoms with Crippen LogP contribution in [-0.2, 0) is 14.8 Å². The van der Waals surface area contributed by atoms with Crippen molar-refractivity contribution in [3.05, 3.63) is 52.5 Å². The number of nitrogens with one attached hydrogen (secondary N) is 1. The van der Waals surface area contributed by atoms with Gasteiger partial charge in [-0.15, -0.1) is 0 Å². The third-order valence-electron chi connectivity index (χ3n) is 3.15. The van der Waals surface area contributed by atoms with Crippen molar-refractivity contribution in [2.75, 3.05) is 11.8 Å². The highest BCUT2D eigenvalue weighted by molar-refractivity contribution is 9.10. The van der Waals surface area contributed by atoms with Gasteiger partial charge in [0.05, 0.1) is 29.4 Å². The average Bonchev–Trinajstić information content (AvgIpc) is 2.54. The number of hydrogen-bond donors (Lipinski definition) is 1. The maximum atomic E-state index is 12.5. The number of ether oxygens (including phenoxy) is 2. The molecule has 0 fully saturated rings. The number of esters is 1. The van der Waals surface area contributed by atoms with Gasteiger partial charge in [0.25, 0.3) is 10.0 Å². The molecule has 2 aromatic carbocycles. The van der Waals surface area contributed by atoms with Crippen molar-refractivity contribution in [2.45, 2.75) is 24.8 Å². The lowest BCUT2D eigenvalue weighted by molar-refractivity contribution is 0.0378. The second-order valence-electron chi connectivity index (χ2n) is 5.43. The van der Waals surface area contributed by atoms with E-state index in [9.17, 15) is 13.2 Å². The third kappa shape index (κ3) is 4.96. The van der Waals surface area contributed by atoms with Crippen LogP contribution in [0, 0.1) is 0 Å². The summed E-state index contributed by atoms with van der Waals surface area (Å²) in [6.07, 6.45) is -0.280. The summed E-state index contributed by atoms with van der Waals surface area (Å²) in [4.78, 5) is 12.1. The van der Waals surface area contributed by atoms with Crippen molar-refractivity contribution in [2.24, 2.45) is 0 Å². The van der Waals surface area contributed by atoms with Crippen LogP contribution >= 0.6 is 15.9 Å². The van der Waals surface area contributed by atoms with Gasteiger partial charge in [0.2, 0.25) is 0 Å². The molecule has 134 valence electrons. The number of benzene rings is 2. The number of anilines is 1. The Hall–Kier alpha value is -2.06. The van der Waals surface area contributed by atoms with Crippen LogP contribution in [0.5, 0.6) is 5.75 Å². The molecule has 6 nitrogen and oxygen atoms in total. The van der Waals surface area contributed by atoms with E-state index in [1.165, 1.54) is 37.4 Å². The molecule has 0 radical (unpaired) electrons. The summed E-state index contributed by atoms with van der Waals surface area (Å²) in [6.45, 7) is 3.47. The molecule has 0 aliphatic heterocycles. The van der Waals surface area contributed by atoms with Crippen molar-refractivity contribution in [1.29, 1.82) is 0 Å². The van der Waals surface area contributed by atoms with Gasteiger partial charge in [-0.25, -0.2) is 13.2 Å². The fourth-order valence-electron chi connectivity index (χ4n) is 2.01. The van der Waals surface area contributed by atoms with Gasteiger partial charge in [-0.1, -0.05) is 15.9 Å². The van der Waals surface area contributed by atoms with Gasteiger partial charge in [-0.05, 0) is 56.3 Å². The van der Waals surface area contributed by atoms with E-state index in [0.717, 1.165) is 4.47 Å². The predicted octanol–water partition coefficient (Wildman–Crippen LogP) is 3.82. The molecule has 0 aliphatic rings. The first kappa shape index (κ1) is 19.3. The standard InChI is InChI=1S/C17H18BrNO5S/c1-11(2)24-17(20)12-4-9-16(23-3)15(10-12)19-25(21,22)14-7-5-13(18)6-8-14/h4-11,19H,1-3H3. The minimum atomic E-state index is -3.83. The molecule has 0 atom stereocenters. The van der Waals surface area contributed by atoms with E-state index in [2.05, 4.69) is 20.7 Å². The lowest BCUT2D eigenvalue weighted by Gasteiger charge is -2.14. The fourth-order valence-corrected chi connectivity index (χ4v) is 3.34. The zero-order valence-corrected chi connectivity index (χ0v) is 16.3. The number of sulfonamides is 1. The second-order valence-corrected chi connectivity index (χ2v) is 8.03. The summed E-state index contributed by atoms with van der Waals surface area (Å²) in [5, 5.41) is 0. The molecule has 25 heavy (non-hydrogen) atoms. The monoisotopic (exact) mass is 427 g/mol. The van der Waals surface area contributed by atoms with E-state index < -0.39 is 16.0 Å². The van der Waals surface area contributed by atoms with E-state index in [4.69, 9.17) is 9.47 Å². The number of rotatable bonds is 6. The number of carbonyl (C=O) groups is 1. The SMILES string of the molecule is COc1ccc(C(=O)OC(C)C)cc1NS(=O)(=O)c1ccc(Br)cc1. The Balaban J connectivity index is 2.36. The van der Waals surface area contributed by atoms with Crippen LogP contribution in [0.2, 0.25) is 0 Å². The Morgan fingerprint density at radius 2 is 1.76 bits per heavy atom. The molecule has 2 aromatic rings. The smallest absolute Gasteiger partial charge is 0.338 e. The lowest BCUT2D eigenvalue weighted by atomic mass is 10.2. The van der Waals surface area contributed by atoms with Crippen LogP contribution in [0.25, 0.3) is 0 Å². The maximum Gasteiger partial charge on any atom is 0.338 e. The summed E-state index contributed by atoms with van der Waals surface area (Å²) >= 11 is 3.26. The average molecular weight is 428 g/mol. The topological polar surface area (TPSA) is 81.7 Å². The first-order valence-corrected chi connectivity index (χ1v) is 9.68. The van der Waals surface area contributed by atoms with E-state index in [0.29, 0.717) is 5.75 Å². The van der Waals surface area contributed by atoms with Crippen molar-refractivity contribution in [3.8, 4) is 5.75 Å². The molecular weight excluding hydrogens is 410 g/mol. The van der Waals surface area contributed by atoms with Gasteiger partial charge in [0.1, 0.15) is 5.75 Å². The molecule has 0 unspecified atom stereocenters. The van der Waals surface area contributed by atoms with Crippen molar-refractivity contribution >= 4 is 37.6 Å². The first-order valence-electron chi connectivity index (χ1n) is 7.40. The van der Waals surface area contributed by atoms with Crippen molar-refractivity contribution < 1.29 is 22.7 Å². The van der Waals surface area contributed by atoms with E-state index >= 15 is 0 Å². The Kier molecular flexibility index (Phi) is 6.07. The minimum absolute atomic E-state index is 0.0907. The largest absolute Gasteiger partial charge is 0.495 e. The summed E-state index contributed by atoms with van der Waals surface area (Å²) in [6, 6.07) is 10.6. The summed E-state index contributed by atoms with van der Waals surface area (Å²) in [5.41, 5.74) is 0.381. The van der Waals surface area contributed by atoms with E-state index in [-0.39, 0.29) is 22.3 Å². The van der Waals surface area contributed by atoms with Crippen LogP contribution in [0.4, 0.5) is 5.69 Å². The molecule has 0 heterocycles. The molecule has 2 rings (SSSR count). The molecule has 0 saturated carbocycles. The number of hydrogen-bond acceptors (Lipinski definition) is 5. The quantitative estimate of drug-likeness (QED) is 0.708. The highest BCUT2D eigenvalue weighted by atomic mass is 79.9. The highest BCUT2D eigenvalue weighted by Crippen LogP contribution is 2.28. The van der Waals surface area contributed by atoms with Gasteiger partial charge in [0, 0.05) is 4.47 Å². The predicted molar refractivity (Wildman–Crippen MR) is 98.5 cm³/mol. The maximum absolute atomic E-state index is 12.5. The Morgan fingerprint density at radius 1 is 1.12 bits per heavy atom. The Morgan fingerprint density at radius 3 is 2.32 bits per heavy atom. The molecule has 0 aliphatic carbocycles. The van der Waals surface area contributed by atoms with Crippen molar-refractivity contribution in [1.82, 2.24) is 0 Å². The van der Waals surface area contributed by atoms with Gasteiger partial charge in [-0.3, -0.25) is 4.72 Å². The molecule has 0 spiro atoms. The van der Waals surface area contributed by atoms with Crippen LogP contribution < -0.4 is 9.46 Å². The second kappa shape index (κ2) is 7.88. The van der Waals surface area contributed by atoms with Crippen LogP contribution in [0.1, 0.15) is 24.2 Å². The summed E-state index contributed by atoms with van der Waals surface area (Å²) in [5.74, 6) is -0.247. The molecule has 1 N–H and O–H groups in total. The van der Waals surface area contributed by atoms with Crippen LogP contribution in [0.3, 0.4) is 0 Å². The zero-order chi connectivity index (χ0) is 18.6. The normalized spacial score (nSPS) is 11.2. The lowest BCUT2D eigenvalue weighted by Crippen LogP contribution is -2.15. The van der Waals surface area contributed by atoms with Gasteiger partial charge < -0.3 is 9.47 Å². The number of carbonyl (C=O) groups excluding carboxylic acids is 1. The van der Waals surface area contributed by atoms with Crippen LogP contribution in [0.15, 0.2) is 51.8 Å². The summed E-state index contributed by atoms with van der Waals surface area (Å²) < 4.78 is 38.6. The minimum Gasteiger partial charge on any atom is -0.495 e. The van der Waals surface area contributed by atoms with Crippen LogP contribution in [-0.4, -0.2) is 27.6 Å². The van der Waals surface area contributed by atoms with Gasteiger partial charge in [-0.2, -0.15) is 0 Å². The fraction of sp³-hybridized carbons (Fsp3) is 0.235. The summed E-state index contributed by atoms with van der Waals surface area (Å²) in [7, 11) is -2.42. The van der Waals surface area contributed by atoms with E-state index in [1.54, 1.807) is 26.0 Å². The zero-order valence-electron chi connectivity index (χ0n) is 13.9. The molecule has 0 aromatic heterocycles. The first-order chi connectivity index (χ1) is 11.7. The van der Waals surface area contributed by atoms with Gasteiger partial charge in [0.15, 0.2) is 0 Å². The van der Waals surface area contributed by atoms with E-state index in [1.807, 2.05) is 0 Å². The molecule has 0 amide bonds. The highest BCUT2D eigenvalue weighted by Gasteiger charge is 2.19. The van der Waals surface area contributed by atoms with Crippen molar-refractivity contribution in [3.63, 3.8) is 0 Å². The molecule has 8 heteroatoms.